The predicted octanol–water partition coefficient (Wildman–Crippen LogP) is 2.82. The monoisotopic (exact) mass is 446 g/mol. The van der Waals surface area contributed by atoms with Crippen molar-refractivity contribution in [1.29, 1.82) is 0 Å². The van der Waals surface area contributed by atoms with E-state index in [-0.39, 0.29) is 5.43 Å². The second-order valence-electron chi connectivity index (χ2n) is 8.32. The van der Waals surface area contributed by atoms with Crippen LogP contribution >= 0.6 is 0 Å². The van der Waals surface area contributed by atoms with Crippen molar-refractivity contribution >= 4 is 0 Å². The Morgan fingerprint density at radius 2 is 1.88 bits per heavy atom. The minimum atomic E-state index is -0.395. The van der Waals surface area contributed by atoms with Crippen LogP contribution in [0.1, 0.15) is 25.1 Å². The Labute approximate surface area is 191 Å². The highest BCUT2D eigenvalue weighted by Gasteiger charge is 2.17. The lowest BCUT2D eigenvalue weighted by Crippen LogP contribution is -2.30. The van der Waals surface area contributed by atoms with Gasteiger partial charge >= 0.3 is 0 Å². The Morgan fingerprint density at radius 3 is 2.58 bits per heavy atom. The van der Waals surface area contributed by atoms with Gasteiger partial charge in [0.15, 0.2) is 11.6 Å². The molecule has 0 atom stereocenters. The largest absolute Gasteiger partial charge is 0.487 e. The minimum Gasteiger partial charge on any atom is -0.487 e. The average molecular weight is 447 g/mol. The lowest BCUT2D eigenvalue weighted by atomic mass is 10.1. The summed E-state index contributed by atoms with van der Waals surface area (Å²) >= 11 is 0. The van der Waals surface area contributed by atoms with Crippen molar-refractivity contribution in [2.75, 3.05) is 13.7 Å². The van der Waals surface area contributed by atoms with E-state index in [1.54, 1.807) is 41.3 Å². The number of nitrogens with zero attached hydrogens (tertiary/aromatic N) is 6. The second kappa shape index (κ2) is 9.33. The van der Waals surface area contributed by atoms with Crippen LogP contribution in [0.4, 0.5) is 0 Å². The SMILES string of the molecule is COC(C)(C)COc1cnc(-c2cccc(Cc3nn(-c4cnn(C)c4)ccc3=O)c2)nc1. The number of aryl methyl sites for hydroxylation is 1. The lowest BCUT2D eigenvalue weighted by molar-refractivity contribution is -0.0148. The fourth-order valence-electron chi connectivity index (χ4n) is 3.11. The van der Waals surface area contributed by atoms with Crippen LogP contribution in [0.2, 0.25) is 0 Å². The van der Waals surface area contributed by atoms with E-state index in [1.165, 1.54) is 6.07 Å². The molecule has 4 rings (SSSR count). The fraction of sp³-hybridized carbons (Fsp3) is 0.292. The van der Waals surface area contributed by atoms with Gasteiger partial charge in [-0.2, -0.15) is 10.2 Å². The van der Waals surface area contributed by atoms with E-state index in [0.29, 0.717) is 30.3 Å². The molecule has 0 spiro atoms. The third-order valence-corrected chi connectivity index (χ3v) is 5.16. The van der Waals surface area contributed by atoms with Crippen LogP contribution in [0.5, 0.6) is 5.75 Å². The summed E-state index contributed by atoms with van der Waals surface area (Å²) in [7, 11) is 3.48. The van der Waals surface area contributed by atoms with Crippen molar-refractivity contribution in [1.82, 2.24) is 29.5 Å². The van der Waals surface area contributed by atoms with Gasteiger partial charge in [0.2, 0.25) is 5.43 Å². The van der Waals surface area contributed by atoms with Crippen LogP contribution in [0.25, 0.3) is 17.1 Å². The van der Waals surface area contributed by atoms with Gasteiger partial charge < -0.3 is 9.47 Å². The summed E-state index contributed by atoms with van der Waals surface area (Å²) < 4.78 is 14.4. The molecule has 0 bridgehead atoms. The molecule has 1 aromatic carbocycles. The number of ether oxygens (including phenoxy) is 2. The van der Waals surface area contributed by atoms with E-state index in [4.69, 9.17) is 9.47 Å². The van der Waals surface area contributed by atoms with Gasteiger partial charge in [-0.15, -0.1) is 0 Å². The van der Waals surface area contributed by atoms with Crippen LogP contribution in [0, 0.1) is 0 Å². The van der Waals surface area contributed by atoms with E-state index in [0.717, 1.165) is 16.8 Å². The van der Waals surface area contributed by atoms with Crippen molar-refractivity contribution in [2.24, 2.45) is 7.05 Å². The molecule has 4 aromatic rings. The van der Waals surface area contributed by atoms with E-state index in [2.05, 4.69) is 20.2 Å². The highest BCUT2D eigenvalue weighted by atomic mass is 16.5. The van der Waals surface area contributed by atoms with Gasteiger partial charge in [-0.3, -0.25) is 9.48 Å². The van der Waals surface area contributed by atoms with Gasteiger partial charge in [0.25, 0.3) is 0 Å². The first-order valence-electron chi connectivity index (χ1n) is 10.5. The lowest BCUT2D eigenvalue weighted by Gasteiger charge is -2.22. The van der Waals surface area contributed by atoms with Crippen molar-refractivity contribution < 1.29 is 9.47 Å². The molecule has 3 heterocycles. The van der Waals surface area contributed by atoms with E-state index in [9.17, 15) is 4.79 Å². The highest BCUT2D eigenvalue weighted by molar-refractivity contribution is 5.56. The molecule has 0 aliphatic heterocycles. The van der Waals surface area contributed by atoms with Crippen LogP contribution in [-0.4, -0.2) is 48.8 Å². The van der Waals surface area contributed by atoms with Crippen molar-refractivity contribution in [3.05, 3.63) is 82.8 Å². The van der Waals surface area contributed by atoms with Gasteiger partial charge in [0.05, 0.1) is 30.4 Å². The summed E-state index contributed by atoms with van der Waals surface area (Å²) in [4.78, 5) is 21.3. The predicted molar refractivity (Wildman–Crippen MR) is 123 cm³/mol. The number of aromatic nitrogens is 6. The maximum atomic E-state index is 12.4. The van der Waals surface area contributed by atoms with E-state index >= 15 is 0 Å². The summed E-state index contributed by atoms with van der Waals surface area (Å²) in [6.45, 7) is 4.28. The first-order chi connectivity index (χ1) is 15.8. The molecule has 33 heavy (non-hydrogen) atoms. The first kappa shape index (κ1) is 22.3. The van der Waals surface area contributed by atoms with Gasteiger partial charge in [-0.05, 0) is 25.5 Å². The normalized spacial score (nSPS) is 11.5. The molecule has 0 fully saturated rings. The maximum Gasteiger partial charge on any atom is 0.203 e. The van der Waals surface area contributed by atoms with Gasteiger partial charge in [-0.1, -0.05) is 18.2 Å². The average Bonchev–Trinajstić information content (AvgIpc) is 3.26. The van der Waals surface area contributed by atoms with Crippen LogP contribution in [-0.2, 0) is 18.2 Å². The first-order valence-corrected chi connectivity index (χ1v) is 10.5. The molecule has 0 aliphatic carbocycles. The summed E-state index contributed by atoms with van der Waals surface area (Å²) in [5.41, 5.74) is 2.51. The molecule has 9 nitrogen and oxygen atoms in total. The Morgan fingerprint density at radius 1 is 1.09 bits per heavy atom. The minimum absolute atomic E-state index is 0.114. The summed E-state index contributed by atoms with van der Waals surface area (Å²) in [5.74, 6) is 1.15. The van der Waals surface area contributed by atoms with Crippen LogP contribution in [0.15, 0.2) is 66.1 Å². The van der Waals surface area contributed by atoms with Gasteiger partial charge in [-0.25, -0.2) is 14.6 Å². The van der Waals surface area contributed by atoms with E-state index in [1.807, 2.05) is 51.4 Å². The Hall–Kier alpha value is -3.85. The van der Waals surface area contributed by atoms with Crippen LogP contribution < -0.4 is 10.2 Å². The zero-order chi connectivity index (χ0) is 23.4. The maximum absolute atomic E-state index is 12.4. The molecule has 0 N–H and O–H groups in total. The summed E-state index contributed by atoms with van der Waals surface area (Å²) in [6, 6.07) is 9.29. The molecule has 0 radical (unpaired) electrons. The number of hydrogen-bond donors (Lipinski definition) is 0. The standard InChI is InChI=1S/C24H26N6O3/c1-24(2,32-4)16-33-20-13-25-23(26-14-20)18-7-5-6-17(10-18)11-21-22(31)8-9-30(28-21)19-12-27-29(3)15-19/h5-10,12-15H,11,16H2,1-4H3. The number of methoxy groups -OCH3 is 1. The Balaban J connectivity index is 1.51. The van der Waals surface area contributed by atoms with E-state index < -0.39 is 5.60 Å². The molecule has 170 valence electrons. The number of hydrogen-bond acceptors (Lipinski definition) is 7. The van der Waals surface area contributed by atoms with Gasteiger partial charge in [0.1, 0.15) is 18.0 Å². The molecule has 0 saturated heterocycles. The zero-order valence-corrected chi connectivity index (χ0v) is 19.1. The molecular weight excluding hydrogens is 420 g/mol. The molecule has 0 aliphatic rings. The molecule has 0 amide bonds. The molecular formula is C24H26N6O3. The second-order valence-corrected chi connectivity index (χ2v) is 8.32. The number of benzene rings is 1. The number of rotatable bonds is 8. The van der Waals surface area contributed by atoms with Crippen molar-refractivity contribution in [2.45, 2.75) is 25.9 Å². The third kappa shape index (κ3) is 5.50. The van der Waals surface area contributed by atoms with Crippen molar-refractivity contribution in [3.63, 3.8) is 0 Å². The molecule has 0 unspecified atom stereocenters. The van der Waals surface area contributed by atoms with Crippen LogP contribution in [0.3, 0.4) is 0 Å². The summed E-state index contributed by atoms with van der Waals surface area (Å²) in [6.07, 6.45) is 8.86. The third-order valence-electron chi connectivity index (χ3n) is 5.16. The molecule has 9 heteroatoms. The highest BCUT2D eigenvalue weighted by Crippen LogP contribution is 2.20. The fourth-order valence-corrected chi connectivity index (χ4v) is 3.11. The zero-order valence-electron chi connectivity index (χ0n) is 19.1. The van der Waals surface area contributed by atoms with Crippen molar-refractivity contribution in [3.8, 4) is 22.8 Å². The molecule has 0 saturated carbocycles. The Kier molecular flexibility index (Phi) is 6.32. The molecule has 3 aromatic heterocycles. The smallest absolute Gasteiger partial charge is 0.203 e. The van der Waals surface area contributed by atoms with Gasteiger partial charge in [0, 0.05) is 38.4 Å². The Bertz CT molecular complexity index is 1290. The quantitative estimate of drug-likeness (QED) is 0.411. The summed E-state index contributed by atoms with van der Waals surface area (Å²) in [5, 5.41) is 8.66. The topological polar surface area (TPSA) is 97.0 Å².